The summed E-state index contributed by atoms with van der Waals surface area (Å²) in [6.07, 6.45) is 2.78. The predicted octanol–water partition coefficient (Wildman–Crippen LogP) is 2.06. The van der Waals surface area contributed by atoms with E-state index in [0.717, 1.165) is 43.5 Å². The Morgan fingerprint density at radius 3 is 2.72 bits per heavy atom. The molecule has 1 aromatic carbocycles. The van der Waals surface area contributed by atoms with Crippen LogP contribution in [0.1, 0.15) is 65.3 Å². The van der Waals surface area contributed by atoms with Crippen LogP contribution >= 0.6 is 0 Å². The standard InChI is InChI=1S/C19H29N3O2S/c1-18(2,3)25(24)22-16-15-11-13(17(23)20-4)5-6-14(15)12-19(16)7-9-21-10-8-19/h5-6,11,16,21-22H,7-10,12H2,1-4H3,(H,20,23)/t16-,25-/m1/s1/i4D3. The third-order valence-electron chi connectivity index (χ3n) is 5.37. The molecule has 1 heterocycles. The molecule has 1 aromatic rings. The summed E-state index contributed by atoms with van der Waals surface area (Å²) in [7, 11) is -1.26. The summed E-state index contributed by atoms with van der Waals surface area (Å²) < 4.78 is 37.6. The molecule has 3 rings (SSSR count). The van der Waals surface area contributed by atoms with Gasteiger partial charge in [0.1, 0.15) is 0 Å². The first-order valence-electron chi connectivity index (χ1n) is 10.3. The fraction of sp³-hybridized carbons (Fsp3) is 0.632. The highest BCUT2D eigenvalue weighted by atomic mass is 32.2. The zero-order valence-corrected chi connectivity index (χ0v) is 15.9. The summed E-state index contributed by atoms with van der Waals surface area (Å²) in [5.41, 5.74) is 2.36. The van der Waals surface area contributed by atoms with Gasteiger partial charge in [-0.15, -0.1) is 0 Å². The molecule has 1 spiro atoms. The number of rotatable bonds is 3. The highest BCUT2D eigenvalue weighted by molar-refractivity contribution is 7.84. The van der Waals surface area contributed by atoms with Gasteiger partial charge in [0.25, 0.3) is 5.91 Å². The maximum absolute atomic E-state index is 12.9. The van der Waals surface area contributed by atoms with Gasteiger partial charge in [0.15, 0.2) is 0 Å². The van der Waals surface area contributed by atoms with Crippen molar-refractivity contribution in [2.45, 2.75) is 50.8 Å². The summed E-state index contributed by atoms with van der Waals surface area (Å²) in [5.74, 6) is -0.621. The van der Waals surface area contributed by atoms with Crippen molar-refractivity contribution in [3.05, 3.63) is 34.9 Å². The number of hydrogen-bond donors (Lipinski definition) is 3. The lowest BCUT2D eigenvalue weighted by atomic mass is 9.73. The van der Waals surface area contributed by atoms with Gasteiger partial charge < -0.3 is 10.6 Å². The summed E-state index contributed by atoms with van der Waals surface area (Å²) in [5, 5.41) is 5.44. The Hall–Kier alpha value is -1.24. The van der Waals surface area contributed by atoms with Crippen LogP contribution in [0.5, 0.6) is 0 Å². The molecule has 1 aliphatic carbocycles. The van der Waals surface area contributed by atoms with Crippen LogP contribution < -0.4 is 15.4 Å². The molecule has 138 valence electrons. The van der Waals surface area contributed by atoms with E-state index in [1.165, 1.54) is 0 Å². The Morgan fingerprint density at radius 1 is 1.36 bits per heavy atom. The monoisotopic (exact) mass is 366 g/mol. The molecule has 1 saturated heterocycles. The second-order valence-electron chi connectivity index (χ2n) is 8.09. The van der Waals surface area contributed by atoms with Crippen LogP contribution in [0.25, 0.3) is 0 Å². The maximum Gasteiger partial charge on any atom is 0.251 e. The minimum Gasteiger partial charge on any atom is -0.355 e. The van der Waals surface area contributed by atoms with E-state index >= 15 is 0 Å². The second kappa shape index (κ2) is 6.82. The number of nitrogens with one attached hydrogen (secondary N) is 3. The zero-order valence-electron chi connectivity index (χ0n) is 18.1. The Balaban J connectivity index is 1.96. The van der Waals surface area contributed by atoms with E-state index in [1.54, 1.807) is 12.1 Å². The van der Waals surface area contributed by atoms with Crippen molar-refractivity contribution in [3.63, 3.8) is 0 Å². The molecule has 1 fully saturated rings. The number of piperidine rings is 1. The largest absolute Gasteiger partial charge is 0.355 e. The molecule has 0 bridgehead atoms. The van der Waals surface area contributed by atoms with Crippen LogP contribution in [0.3, 0.4) is 0 Å². The fourth-order valence-electron chi connectivity index (χ4n) is 3.91. The molecule has 0 unspecified atom stereocenters. The minimum absolute atomic E-state index is 0.0480. The number of amides is 1. The van der Waals surface area contributed by atoms with Crippen LogP contribution in [0.2, 0.25) is 0 Å². The van der Waals surface area contributed by atoms with Crippen molar-refractivity contribution in [2.24, 2.45) is 5.41 Å². The van der Waals surface area contributed by atoms with Gasteiger partial charge in [0.05, 0.1) is 21.8 Å². The molecule has 0 saturated carbocycles. The topological polar surface area (TPSA) is 70.2 Å². The molecule has 0 radical (unpaired) electrons. The first-order valence-corrected chi connectivity index (χ1v) is 9.90. The molecule has 2 aliphatic rings. The third-order valence-corrected chi connectivity index (χ3v) is 6.93. The van der Waals surface area contributed by atoms with Gasteiger partial charge >= 0.3 is 0 Å². The van der Waals surface area contributed by atoms with Crippen LogP contribution in [0.15, 0.2) is 18.2 Å². The van der Waals surface area contributed by atoms with Crippen molar-refractivity contribution in [1.29, 1.82) is 0 Å². The second-order valence-corrected chi connectivity index (χ2v) is 10.1. The van der Waals surface area contributed by atoms with Crippen LogP contribution in [-0.4, -0.2) is 34.9 Å². The maximum atomic E-state index is 12.9. The third kappa shape index (κ3) is 3.52. The Morgan fingerprint density at radius 2 is 2.08 bits per heavy atom. The van der Waals surface area contributed by atoms with Crippen LogP contribution in [-0.2, 0) is 17.4 Å². The SMILES string of the molecule is [2H]C([2H])([2H])NC(=O)c1ccc2c(c1)[C@@H](N[S@](=O)C(C)(C)C)C1(CCNCC1)C2. The lowest BCUT2D eigenvalue weighted by molar-refractivity contribution is 0.0963. The Labute approximate surface area is 157 Å². The van der Waals surface area contributed by atoms with Gasteiger partial charge in [-0.05, 0) is 81.8 Å². The van der Waals surface area contributed by atoms with E-state index < -0.39 is 28.6 Å². The van der Waals surface area contributed by atoms with Crippen molar-refractivity contribution in [2.75, 3.05) is 20.1 Å². The van der Waals surface area contributed by atoms with E-state index in [9.17, 15) is 9.00 Å². The van der Waals surface area contributed by atoms with Crippen LogP contribution in [0, 0.1) is 5.41 Å². The number of benzene rings is 1. The Bertz CT molecular complexity index is 784. The van der Waals surface area contributed by atoms with Crippen molar-refractivity contribution in [3.8, 4) is 0 Å². The van der Waals surface area contributed by atoms with Crippen molar-refractivity contribution < 1.29 is 13.1 Å². The quantitative estimate of drug-likeness (QED) is 0.767. The number of carbonyl (C=O) groups excluding carboxylic acids is 1. The Kier molecular flexibility index (Phi) is 4.06. The number of hydrogen-bond acceptors (Lipinski definition) is 3. The average Bonchev–Trinajstić information content (AvgIpc) is 2.85. The normalized spacial score (nSPS) is 25.6. The lowest BCUT2D eigenvalue weighted by Crippen LogP contribution is -2.46. The number of fused-ring (bicyclic) bond motifs is 1. The lowest BCUT2D eigenvalue weighted by Gasteiger charge is -2.40. The summed E-state index contributed by atoms with van der Waals surface area (Å²) >= 11 is 0. The predicted molar refractivity (Wildman–Crippen MR) is 102 cm³/mol. The smallest absolute Gasteiger partial charge is 0.251 e. The zero-order chi connectivity index (χ0) is 20.7. The van der Waals surface area contributed by atoms with Gasteiger partial charge in [-0.25, -0.2) is 8.93 Å². The fourth-order valence-corrected chi connectivity index (χ4v) is 4.86. The summed E-state index contributed by atoms with van der Waals surface area (Å²) in [4.78, 5) is 12.4. The highest BCUT2D eigenvalue weighted by Gasteiger charge is 2.47. The van der Waals surface area contributed by atoms with Gasteiger partial charge in [-0.3, -0.25) is 4.79 Å². The first kappa shape index (κ1) is 14.9. The molecular formula is C19H29N3O2S. The first-order chi connectivity index (χ1) is 12.9. The van der Waals surface area contributed by atoms with E-state index in [-0.39, 0.29) is 11.5 Å². The highest BCUT2D eigenvalue weighted by Crippen LogP contribution is 2.51. The van der Waals surface area contributed by atoms with Gasteiger partial charge in [-0.1, -0.05) is 6.07 Å². The minimum atomic E-state index is -2.53. The van der Waals surface area contributed by atoms with E-state index in [4.69, 9.17) is 4.11 Å². The van der Waals surface area contributed by atoms with E-state index in [2.05, 4.69) is 10.0 Å². The molecule has 25 heavy (non-hydrogen) atoms. The molecule has 6 heteroatoms. The molecule has 2 atom stereocenters. The van der Waals surface area contributed by atoms with Gasteiger partial charge in [-0.2, -0.15) is 0 Å². The molecule has 1 aliphatic heterocycles. The molecular weight excluding hydrogens is 334 g/mol. The van der Waals surface area contributed by atoms with Crippen molar-refractivity contribution in [1.82, 2.24) is 15.4 Å². The van der Waals surface area contributed by atoms with Crippen molar-refractivity contribution >= 4 is 16.9 Å². The average molecular weight is 367 g/mol. The molecule has 0 aromatic heterocycles. The molecule has 3 N–H and O–H groups in total. The summed E-state index contributed by atoms with van der Waals surface area (Å²) in [6, 6.07) is 5.22. The number of carbonyl (C=O) groups is 1. The van der Waals surface area contributed by atoms with Gasteiger partial charge in [0.2, 0.25) is 0 Å². The molecule has 1 amide bonds. The molecule has 5 nitrogen and oxygen atoms in total. The summed E-state index contributed by atoms with van der Waals surface area (Å²) in [6.45, 7) is 5.07. The van der Waals surface area contributed by atoms with E-state index in [0.29, 0.717) is 5.56 Å². The van der Waals surface area contributed by atoms with Gasteiger partial charge in [0, 0.05) is 16.7 Å². The van der Waals surface area contributed by atoms with E-state index in [1.807, 2.05) is 32.2 Å². The van der Waals surface area contributed by atoms with Crippen LogP contribution in [0.4, 0.5) is 0 Å².